The summed E-state index contributed by atoms with van der Waals surface area (Å²) in [6.07, 6.45) is 4.00. The number of sulfonamides is 1. The first-order valence-corrected chi connectivity index (χ1v) is 13.7. The number of carbonyl (C=O) groups is 1. The number of hydrogen-bond acceptors (Lipinski definition) is 5. The summed E-state index contributed by atoms with van der Waals surface area (Å²) in [6.45, 7) is 2.44. The van der Waals surface area contributed by atoms with Crippen LogP contribution in [0.5, 0.6) is 5.75 Å². The topological polar surface area (TPSA) is 95.6 Å². The number of para-hydroxylation sites is 2. The minimum Gasteiger partial charge on any atom is -0.495 e. The van der Waals surface area contributed by atoms with Crippen molar-refractivity contribution in [1.29, 1.82) is 0 Å². The largest absolute Gasteiger partial charge is 0.495 e. The van der Waals surface area contributed by atoms with Crippen LogP contribution in [-0.2, 0) is 16.4 Å². The summed E-state index contributed by atoms with van der Waals surface area (Å²) < 4.78 is 32.9. The molecule has 0 atom stereocenters. The van der Waals surface area contributed by atoms with Gasteiger partial charge in [0.05, 0.1) is 30.3 Å². The predicted molar refractivity (Wildman–Crippen MR) is 142 cm³/mol. The number of carbonyl (C=O) groups excluding carboxylic acids is 1. The highest BCUT2D eigenvalue weighted by molar-refractivity contribution is 7.92. The van der Waals surface area contributed by atoms with Crippen LogP contribution in [0.4, 0.5) is 17.1 Å². The molecule has 0 spiro atoms. The number of methoxy groups -OCH3 is 1. The lowest BCUT2D eigenvalue weighted by atomic mass is 10.1. The minimum atomic E-state index is -3.78. The average molecular weight is 505 g/mol. The fourth-order valence-electron chi connectivity index (χ4n) is 4.83. The third-order valence-corrected chi connectivity index (χ3v) is 7.47. The van der Waals surface area contributed by atoms with Gasteiger partial charge in [0.2, 0.25) is 10.0 Å². The maximum Gasteiger partial charge on any atom is 0.258 e. The van der Waals surface area contributed by atoms with E-state index in [1.165, 1.54) is 11.4 Å². The molecule has 3 aromatic carbocycles. The Morgan fingerprint density at radius 2 is 1.86 bits per heavy atom. The fourth-order valence-corrected chi connectivity index (χ4v) is 5.84. The number of ether oxygens (including phenoxy) is 1. The zero-order valence-electron chi connectivity index (χ0n) is 20.5. The zero-order valence-corrected chi connectivity index (χ0v) is 21.3. The van der Waals surface area contributed by atoms with Crippen LogP contribution in [0.15, 0.2) is 60.7 Å². The van der Waals surface area contributed by atoms with Gasteiger partial charge in [0.15, 0.2) is 0 Å². The zero-order chi connectivity index (χ0) is 25.4. The van der Waals surface area contributed by atoms with E-state index in [-0.39, 0.29) is 11.7 Å². The highest BCUT2D eigenvalue weighted by Gasteiger charge is 2.28. The van der Waals surface area contributed by atoms with Crippen molar-refractivity contribution in [1.82, 2.24) is 9.97 Å². The molecule has 0 saturated carbocycles. The molecule has 186 valence electrons. The van der Waals surface area contributed by atoms with E-state index >= 15 is 0 Å². The van der Waals surface area contributed by atoms with Gasteiger partial charge in [-0.15, -0.1) is 0 Å². The predicted octanol–water partition coefficient (Wildman–Crippen LogP) is 4.96. The van der Waals surface area contributed by atoms with E-state index in [1.54, 1.807) is 35.2 Å². The van der Waals surface area contributed by atoms with Crippen LogP contribution < -0.4 is 13.9 Å². The number of benzene rings is 3. The van der Waals surface area contributed by atoms with E-state index < -0.39 is 10.0 Å². The smallest absolute Gasteiger partial charge is 0.258 e. The van der Waals surface area contributed by atoms with E-state index in [0.29, 0.717) is 34.8 Å². The van der Waals surface area contributed by atoms with E-state index in [1.807, 2.05) is 31.2 Å². The standard InChI is InChI=1S/C27H28N4O4S/c1-18-28-21-11-8-13-24(26(21)29-18)31(36(3,33)34)23-15-14-20(17-25(23)35-2)27(32)30-16-7-6-10-19-9-4-5-12-22(19)30/h4-5,8-9,11-15,17H,6-7,10,16H2,1-3H3,(H,28,29). The van der Waals surface area contributed by atoms with E-state index in [0.717, 1.165) is 42.3 Å². The number of nitrogens with zero attached hydrogens (tertiary/aromatic N) is 3. The molecule has 4 aromatic rings. The van der Waals surface area contributed by atoms with Gasteiger partial charge in [-0.05, 0) is 68.1 Å². The molecule has 0 aliphatic carbocycles. The van der Waals surface area contributed by atoms with Crippen molar-refractivity contribution < 1.29 is 17.9 Å². The number of fused-ring (bicyclic) bond motifs is 2. The number of aromatic amines is 1. The van der Waals surface area contributed by atoms with Gasteiger partial charge in [0.25, 0.3) is 5.91 Å². The van der Waals surface area contributed by atoms with Crippen molar-refractivity contribution in [3.63, 3.8) is 0 Å². The van der Waals surface area contributed by atoms with E-state index in [4.69, 9.17) is 4.74 Å². The molecular weight excluding hydrogens is 476 g/mol. The second-order valence-corrected chi connectivity index (χ2v) is 10.8. The number of anilines is 3. The van der Waals surface area contributed by atoms with Gasteiger partial charge in [-0.25, -0.2) is 17.7 Å². The van der Waals surface area contributed by atoms with Crippen molar-refractivity contribution in [3.05, 3.63) is 77.6 Å². The number of imidazole rings is 1. The van der Waals surface area contributed by atoms with Crippen molar-refractivity contribution >= 4 is 44.0 Å². The number of aromatic nitrogens is 2. The van der Waals surface area contributed by atoms with Gasteiger partial charge in [-0.2, -0.15) is 0 Å². The Balaban J connectivity index is 1.60. The second kappa shape index (κ2) is 9.31. The molecule has 0 saturated heterocycles. The summed E-state index contributed by atoms with van der Waals surface area (Å²) in [7, 11) is -2.31. The molecule has 8 nitrogen and oxygen atoms in total. The summed E-state index contributed by atoms with van der Waals surface area (Å²) >= 11 is 0. The quantitative estimate of drug-likeness (QED) is 0.414. The van der Waals surface area contributed by atoms with Gasteiger partial charge in [0.1, 0.15) is 17.1 Å². The highest BCUT2D eigenvalue weighted by Crippen LogP contribution is 2.40. The molecule has 9 heteroatoms. The van der Waals surface area contributed by atoms with Crippen LogP contribution in [-0.4, -0.2) is 44.2 Å². The Hall–Kier alpha value is -3.85. The molecule has 36 heavy (non-hydrogen) atoms. The molecular formula is C27H28N4O4S. The molecule has 1 N–H and O–H groups in total. The normalized spacial score (nSPS) is 13.8. The number of hydrogen-bond donors (Lipinski definition) is 1. The summed E-state index contributed by atoms with van der Waals surface area (Å²) in [6, 6.07) is 18.2. The first-order chi connectivity index (χ1) is 17.3. The van der Waals surface area contributed by atoms with Crippen LogP contribution >= 0.6 is 0 Å². The Morgan fingerprint density at radius 3 is 2.64 bits per heavy atom. The lowest BCUT2D eigenvalue weighted by Gasteiger charge is -2.26. The van der Waals surface area contributed by atoms with Crippen molar-refractivity contribution in [3.8, 4) is 5.75 Å². The molecule has 5 rings (SSSR count). The van der Waals surface area contributed by atoms with Crippen LogP contribution in [0.2, 0.25) is 0 Å². The Bertz CT molecular complexity index is 1560. The second-order valence-electron chi connectivity index (χ2n) is 8.95. The molecule has 1 aliphatic rings. The summed E-state index contributed by atoms with van der Waals surface area (Å²) in [5.74, 6) is 0.806. The van der Waals surface area contributed by atoms with E-state index in [2.05, 4.69) is 16.0 Å². The lowest BCUT2D eigenvalue weighted by molar-refractivity contribution is 0.0986. The Labute approximate surface area is 210 Å². The van der Waals surface area contributed by atoms with Gasteiger partial charge < -0.3 is 14.6 Å². The third kappa shape index (κ3) is 4.30. The number of rotatable bonds is 5. The number of amides is 1. The van der Waals surface area contributed by atoms with Crippen molar-refractivity contribution in [2.45, 2.75) is 26.2 Å². The van der Waals surface area contributed by atoms with Crippen molar-refractivity contribution in [2.24, 2.45) is 0 Å². The van der Waals surface area contributed by atoms with Gasteiger partial charge in [0, 0.05) is 17.8 Å². The van der Waals surface area contributed by atoms with Gasteiger partial charge >= 0.3 is 0 Å². The van der Waals surface area contributed by atoms with Crippen LogP contribution in [0.25, 0.3) is 11.0 Å². The van der Waals surface area contributed by atoms with Gasteiger partial charge in [-0.1, -0.05) is 24.3 Å². The number of H-pyrrole nitrogens is 1. The fraction of sp³-hybridized carbons (Fsp3) is 0.259. The van der Waals surface area contributed by atoms with Gasteiger partial charge in [-0.3, -0.25) is 4.79 Å². The molecule has 1 amide bonds. The molecule has 1 aromatic heterocycles. The maximum atomic E-state index is 13.6. The average Bonchev–Trinajstić information content (AvgIpc) is 3.11. The molecule has 0 fully saturated rings. The first-order valence-electron chi connectivity index (χ1n) is 11.8. The lowest BCUT2D eigenvalue weighted by Crippen LogP contribution is -2.32. The molecule has 0 radical (unpaired) electrons. The summed E-state index contributed by atoms with van der Waals surface area (Å²) in [5, 5.41) is 0. The minimum absolute atomic E-state index is 0.148. The Morgan fingerprint density at radius 1 is 1.06 bits per heavy atom. The molecule has 0 unspecified atom stereocenters. The van der Waals surface area contributed by atoms with Crippen LogP contribution in [0.1, 0.15) is 34.6 Å². The number of nitrogens with one attached hydrogen (secondary N) is 1. The van der Waals surface area contributed by atoms with Crippen molar-refractivity contribution in [2.75, 3.05) is 29.1 Å². The highest BCUT2D eigenvalue weighted by atomic mass is 32.2. The summed E-state index contributed by atoms with van der Waals surface area (Å²) in [5.41, 5.74) is 4.46. The van der Waals surface area contributed by atoms with E-state index in [9.17, 15) is 13.2 Å². The van der Waals surface area contributed by atoms with Crippen LogP contribution in [0, 0.1) is 6.92 Å². The van der Waals surface area contributed by atoms with Crippen LogP contribution in [0.3, 0.4) is 0 Å². The number of aryl methyl sites for hydroxylation is 2. The SMILES string of the molecule is COc1cc(C(=O)N2CCCCc3ccccc32)ccc1N(c1cccc2[nH]c(C)nc12)S(C)(=O)=O. The molecule has 2 heterocycles. The molecule has 0 bridgehead atoms. The molecule has 1 aliphatic heterocycles. The Kier molecular flexibility index (Phi) is 6.17. The maximum absolute atomic E-state index is 13.6. The third-order valence-electron chi connectivity index (χ3n) is 6.41. The monoisotopic (exact) mass is 504 g/mol. The first kappa shape index (κ1) is 23.9. The summed E-state index contributed by atoms with van der Waals surface area (Å²) in [4.78, 5) is 23.1.